The van der Waals surface area contributed by atoms with Gasteiger partial charge in [0.25, 0.3) is 5.91 Å². The van der Waals surface area contributed by atoms with E-state index in [4.69, 9.17) is 0 Å². The molecule has 29 heavy (non-hydrogen) atoms. The van der Waals surface area contributed by atoms with Crippen molar-refractivity contribution in [2.45, 2.75) is 6.18 Å². The van der Waals surface area contributed by atoms with Crippen molar-refractivity contribution in [3.05, 3.63) is 65.5 Å². The number of amides is 2. The standard InChI is InChI=1S/C20H19F4N3O2/c21-16-3-1-2-4-17(16)26-9-11-27(12-10-26)18(28)13-25-19(29)14-5-7-15(8-6-14)20(22,23)24/h1-8H,9-13H2,(H,25,29). The first-order valence-corrected chi connectivity index (χ1v) is 8.98. The number of alkyl halides is 3. The molecule has 9 heteroatoms. The number of carbonyl (C=O) groups is 2. The lowest BCUT2D eigenvalue weighted by Crippen LogP contribution is -2.51. The van der Waals surface area contributed by atoms with E-state index >= 15 is 0 Å². The molecule has 3 rings (SSSR count). The van der Waals surface area contributed by atoms with E-state index in [1.807, 2.05) is 4.90 Å². The van der Waals surface area contributed by atoms with Gasteiger partial charge in [-0.2, -0.15) is 13.2 Å². The van der Waals surface area contributed by atoms with Gasteiger partial charge in [-0.1, -0.05) is 12.1 Å². The molecular formula is C20H19F4N3O2. The third kappa shape index (κ3) is 5.04. The summed E-state index contributed by atoms with van der Waals surface area (Å²) in [6.45, 7) is 1.41. The molecule has 2 amide bonds. The first-order chi connectivity index (χ1) is 13.8. The highest BCUT2D eigenvalue weighted by atomic mass is 19.4. The lowest BCUT2D eigenvalue weighted by molar-refractivity contribution is -0.137. The monoisotopic (exact) mass is 409 g/mol. The van der Waals surface area contributed by atoms with Gasteiger partial charge in [-0.3, -0.25) is 9.59 Å². The van der Waals surface area contributed by atoms with Crippen LogP contribution in [0, 0.1) is 5.82 Å². The summed E-state index contributed by atoms with van der Waals surface area (Å²) in [5.41, 5.74) is -0.330. The molecule has 5 nitrogen and oxygen atoms in total. The van der Waals surface area contributed by atoms with Crippen molar-refractivity contribution in [1.29, 1.82) is 0 Å². The lowest BCUT2D eigenvalue weighted by atomic mass is 10.1. The summed E-state index contributed by atoms with van der Waals surface area (Å²) in [4.78, 5) is 27.8. The highest BCUT2D eigenvalue weighted by molar-refractivity contribution is 5.96. The van der Waals surface area contributed by atoms with Crippen LogP contribution in [0.5, 0.6) is 0 Å². The van der Waals surface area contributed by atoms with Crippen LogP contribution in [0.4, 0.5) is 23.2 Å². The van der Waals surface area contributed by atoms with Crippen molar-refractivity contribution in [1.82, 2.24) is 10.2 Å². The molecular weight excluding hydrogens is 390 g/mol. The van der Waals surface area contributed by atoms with Crippen molar-refractivity contribution in [3.63, 3.8) is 0 Å². The van der Waals surface area contributed by atoms with Gasteiger partial charge in [0.05, 0.1) is 17.8 Å². The van der Waals surface area contributed by atoms with Crippen LogP contribution in [0.15, 0.2) is 48.5 Å². The average Bonchev–Trinajstić information content (AvgIpc) is 2.72. The first-order valence-electron chi connectivity index (χ1n) is 8.98. The minimum absolute atomic E-state index is 0.0372. The predicted molar refractivity (Wildman–Crippen MR) is 99.0 cm³/mol. The average molecular weight is 409 g/mol. The molecule has 2 aromatic rings. The summed E-state index contributed by atoms with van der Waals surface area (Å²) in [5.74, 6) is -1.26. The minimum atomic E-state index is -4.48. The Morgan fingerprint density at radius 1 is 0.931 bits per heavy atom. The number of halogens is 4. The molecule has 1 N–H and O–H groups in total. The van der Waals surface area contributed by atoms with Crippen molar-refractivity contribution >= 4 is 17.5 Å². The van der Waals surface area contributed by atoms with Crippen LogP contribution >= 0.6 is 0 Å². The molecule has 0 spiro atoms. The number of anilines is 1. The number of benzene rings is 2. The van der Waals surface area contributed by atoms with Crippen LogP contribution in [-0.2, 0) is 11.0 Å². The van der Waals surface area contributed by atoms with Crippen molar-refractivity contribution in [2.75, 3.05) is 37.6 Å². The highest BCUT2D eigenvalue weighted by Gasteiger charge is 2.30. The number of piperazine rings is 1. The summed E-state index contributed by atoms with van der Waals surface area (Å²) in [6, 6.07) is 10.2. The summed E-state index contributed by atoms with van der Waals surface area (Å²) in [7, 11) is 0. The molecule has 1 fully saturated rings. The summed E-state index contributed by atoms with van der Waals surface area (Å²) >= 11 is 0. The zero-order valence-corrected chi connectivity index (χ0v) is 15.4. The van der Waals surface area contributed by atoms with Crippen LogP contribution < -0.4 is 10.2 Å². The maximum Gasteiger partial charge on any atom is 0.416 e. The molecule has 1 aliphatic heterocycles. The Kier molecular flexibility index (Phi) is 6.05. The van der Waals surface area contributed by atoms with Gasteiger partial charge in [0.2, 0.25) is 5.91 Å². The number of nitrogens with zero attached hydrogens (tertiary/aromatic N) is 2. The fourth-order valence-corrected chi connectivity index (χ4v) is 3.09. The van der Waals surface area contributed by atoms with Gasteiger partial charge >= 0.3 is 6.18 Å². The molecule has 0 unspecified atom stereocenters. The Balaban J connectivity index is 1.49. The second-order valence-electron chi connectivity index (χ2n) is 6.58. The van der Waals surface area contributed by atoms with E-state index < -0.39 is 17.6 Å². The van der Waals surface area contributed by atoms with Gasteiger partial charge in [-0.25, -0.2) is 4.39 Å². The van der Waals surface area contributed by atoms with E-state index in [1.54, 1.807) is 23.1 Å². The SMILES string of the molecule is O=C(NCC(=O)N1CCN(c2ccccc2F)CC1)c1ccc(C(F)(F)F)cc1. The van der Waals surface area contributed by atoms with E-state index in [-0.39, 0.29) is 23.8 Å². The lowest BCUT2D eigenvalue weighted by Gasteiger charge is -2.36. The zero-order chi connectivity index (χ0) is 21.0. The Morgan fingerprint density at radius 3 is 2.14 bits per heavy atom. The fourth-order valence-electron chi connectivity index (χ4n) is 3.09. The first kappa shape index (κ1) is 20.6. The Labute approximate surface area is 164 Å². The van der Waals surface area contributed by atoms with Crippen LogP contribution in [0.3, 0.4) is 0 Å². The van der Waals surface area contributed by atoms with Crippen molar-refractivity contribution in [2.24, 2.45) is 0 Å². The topological polar surface area (TPSA) is 52.7 Å². The molecule has 0 atom stereocenters. The van der Waals surface area contributed by atoms with Gasteiger partial charge < -0.3 is 15.1 Å². The van der Waals surface area contributed by atoms with Crippen LogP contribution in [0.2, 0.25) is 0 Å². The zero-order valence-electron chi connectivity index (χ0n) is 15.4. The van der Waals surface area contributed by atoms with Crippen LogP contribution in [-0.4, -0.2) is 49.4 Å². The summed E-state index contributed by atoms with van der Waals surface area (Å²) in [5, 5.41) is 2.42. The predicted octanol–water partition coefficient (Wildman–Crippen LogP) is 2.92. The quantitative estimate of drug-likeness (QED) is 0.791. The molecule has 0 radical (unpaired) electrons. The maximum absolute atomic E-state index is 13.9. The van der Waals surface area contributed by atoms with E-state index in [1.165, 1.54) is 6.07 Å². The van der Waals surface area contributed by atoms with E-state index in [0.29, 0.717) is 31.9 Å². The van der Waals surface area contributed by atoms with Crippen LogP contribution in [0.1, 0.15) is 15.9 Å². The largest absolute Gasteiger partial charge is 0.416 e. The Hall–Kier alpha value is -3.10. The third-order valence-electron chi connectivity index (χ3n) is 4.70. The molecule has 1 saturated heterocycles. The fraction of sp³-hybridized carbons (Fsp3) is 0.300. The second-order valence-corrected chi connectivity index (χ2v) is 6.58. The molecule has 1 heterocycles. The second kappa shape index (κ2) is 8.50. The molecule has 0 bridgehead atoms. The molecule has 0 saturated carbocycles. The van der Waals surface area contributed by atoms with E-state index in [9.17, 15) is 27.2 Å². The molecule has 1 aliphatic rings. The van der Waals surface area contributed by atoms with Crippen molar-refractivity contribution < 1.29 is 27.2 Å². The molecule has 0 aliphatic carbocycles. The maximum atomic E-state index is 13.9. The number of hydrogen-bond donors (Lipinski definition) is 1. The summed E-state index contributed by atoms with van der Waals surface area (Å²) < 4.78 is 51.5. The summed E-state index contributed by atoms with van der Waals surface area (Å²) in [6.07, 6.45) is -4.48. The number of hydrogen-bond acceptors (Lipinski definition) is 3. The number of nitrogens with one attached hydrogen (secondary N) is 1. The van der Waals surface area contributed by atoms with E-state index in [0.717, 1.165) is 24.3 Å². The van der Waals surface area contributed by atoms with E-state index in [2.05, 4.69) is 5.32 Å². The Morgan fingerprint density at radius 2 is 1.55 bits per heavy atom. The number of para-hydroxylation sites is 1. The van der Waals surface area contributed by atoms with Crippen LogP contribution in [0.25, 0.3) is 0 Å². The third-order valence-corrected chi connectivity index (χ3v) is 4.70. The number of carbonyl (C=O) groups excluding carboxylic acids is 2. The normalized spacial score (nSPS) is 14.6. The highest BCUT2D eigenvalue weighted by Crippen LogP contribution is 2.29. The van der Waals surface area contributed by atoms with Gasteiger partial charge in [-0.05, 0) is 36.4 Å². The molecule has 0 aromatic heterocycles. The minimum Gasteiger partial charge on any atom is -0.366 e. The number of rotatable bonds is 4. The smallest absolute Gasteiger partial charge is 0.366 e. The molecule has 154 valence electrons. The van der Waals surface area contributed by atoms with Crippen molar-refractivity contribution in [3.8, 4) is 0 Å². The van der Waals surface area contributed by atoms with Gasteiger partial charge in [0.1, 0.15) is 5.82 Å². The Bertz CT molecular complexity index is 876. The van der Waals surface area contributed by atoms with Gasteiger partial charge in [0, 0.05) is 31.7 Å². The van der Waals surface area contributed by atoms with Gasteiger partial charge in [-0.15, -0.1) is 0 Å². The molecule has 2 aromatic carbocycles. The van der Waals surface area contributed by atoms with Gasteiger partial charge in [0.15, 0.2) is 0 Å².